The van der Waals surface area contributed by atoms with E-state index in [2.05, 4.69) is 12.2 Å². The third kappa shape index (κ3) is 2.12. The molecule has 0 aromatic heterocycles. The molecule has 1 saturated heterocycles. The Morgan fingerprint density at radius 3 is 2.93 bits per heavy atom. The maximum absolute atomic E-state index is 11.3. The molecule has 0 unspecified atom stereocenters. The molecule has 1 aromatic rings. The van der Waals surface area contributed by atoms with E-state index >= 15 is 0 Å². The zero-order chi connectivity index (χ0) is 10.8. The van der Waals surface area contributed by atoms with Gasteiger partial charge in [-0.05, 0) is 42.5 Å². The molecule has 0 radical (unpaired) electrons. The predicted octanol–water partition coefficient (Wildman–Crippen LogP) is 1.57. The minimum Gasteiger partial charge on any atom is -0.399 e. The standard InChI is InChI=1S/C12H16N2O/c1-8-6-10(13)2-3-11(8)9-4-5-14-12(15)7-9/h2-3,6,9H,4-5,7,13H2,1H3,(H,14,15)/t9-/m0/s1. The average molecular weight is 204 g/mol. The minimum absolute atomic E-state index is 0.155. The second-order valence-electron chi connectivity index (χ2n) is 4.16. The fourth-order valence-electron chi connectivity index (χ4n) is 2.21. The smallest absolute Gasteiger partial charge is 0.220 e. The minimum atomic E-state index is 0.155. The Morgan fingerprint density at radius 2 is 2.27 bits per heavy atom. The van der Waals surface area contributed by atoms with Crippen molar-refractivity contribution < 1.29 is 4.79 Å². The highest BCUT2D eigenvalue weighted by Gasteiger charge is 2.21. The molecule has 3 heteroatoms. The summed E-state index contributed by atoms with van der Waals surface area (Å²) in [6.45, 7) is 2.84. The number of nitrogens with one attached hydrogen (secondary N) is 1. The largest absolute Gasteiger partial charge is 0.399 e. The summed E-state index contributed by atoms with van der Waals surface area (Å²) >= 11 is 0. The first kappa shape index (κ1) is 10.0. The number of nitrogen functional groups attached to an aromatic ring is 1. The zero-order valence-corrected chi connectivity index (χ0v) is 8.92. The molecule has 1 aromatic carbocycles. The molecule has 1 heterocycles. The van der Waals surface area contributed by atoms with Crippen LogP contribution in [0, 0.1) is 6.92 Å². The van der Waals surface area contributed by atoms with Crippen molar-refractivity contribution in [2.24, 2.45) is 0 Å². The number of nitrogens with two attached hydrogens (primary N) is 1. The Morgan fingerprint density at radius 1 is 1.47 bits per heavy atom. The van der Waals surface area contributed by atoms with Crippen LogP contribution in [-0.2, 0) is 4.79 Å². The fraction of sp³-hybridized carbons (Fsp3) is 0.417. The number of rotatable bonds is 1. The number of piperidine rings is 1. The lowest BCUT2D eigenvalue weighted by Gasteiger charge is -2.23. The number of hydrogen-bond acceptors (Lipinski definition) is 2. The van der Waals surface area contributed by atoms with Gasteiger partial charge >= 0.3 is 0 Å². The molecule has 0 aliphatic carbocycles. The molecule has 3 nitrogen and oxygen atoms in total. The molecule has 3 N–H and O–H groups in total. The van der Waals surface area contributed by atoms with E-state index < -0.39 is 0 Å². The maximum atomic E-state index is 11.3. The van der Waals surface area contributed by atoms with E-state index in [1.54, 1.807) is 0 Å². The summed E-state index contributed by atoms with van der Waals surface area (Å²) in [7, 11) is 0. The van der Waals surface area contributed by atoms with Gasteiger partial charge in [-0.15, -0.1) is 0 Å². The van der Waals surface area contributed by atoms with Gasteiger partial charge in [-0.1, -0.05) is 6.07 Å². The lowest BCUT2D eigenvalue weighted by Crippen LogP contribution is -2.32. The van der Waals surface area contributed by atoms with E-state index in [1.165, 1.54) is 11.1 Å². The van der Waals surface area contributed by atoms with Gasteiger partial charge < -0.3 is 11.1 Å². The summed E-state index contributed by atoms with van der Waals surface area (Å²) in [5, 5.41) is 2.85. The highest BCUT2D eigenvalue weighted by atomic mass is 16.1. The van der Waals surface area contributed by atoms with Crippen LogP contribution < -0.4 is 11.1 Å². The van der Waals surface area contributed by atoms with Crippen LogP contribution in [0.4, 0.5) is 5.69 Å². The Kier molecular flexibility index (Phi) is 2.62. The van der Waals surface area contributed by atoms with Crippen molar-refractivity contribution in [3.05, 3.63) is 29.3 Å². The van der Waals surface area contributed by atoms with E-state index in [9.17, 15) is 4.79 Å². The summed E-state index contributed by atoms with van der Waals surface area (Å²) in [4.78, 5) is 11.3. The predicted molar refractivity (Wildman–Crippen MR) is 60.6 cm³/mol. The van der Waals surface area contributed by atoms with Gasteiger partial charge in [0.05, 0.1) is 0 Å². The molecule has 1 fully saturated rings. The fourth-order valence-corrected chi connectivity index (χ4v) is 2.21. The van der Waals surface area contributed by atoms with E-state index in [0.29, 0.717) is 12.3 Å². The number of carbonyl (C=O) groups is 1. The van der Waals surface area contributed by atoms with Crippen molar-refractivity contribution in [2.75, 3.05) is 12.3 Å². The zero-order valence-electron chi connectivity index (χ0n) is 8.92. The third-order valence-electron chi connectivity index (χ3n) is 2.98. The summed E-state index contributed by atoms with van der Waals surface area (Å²) in [5.74, 6) is 0.516. The van der Waals surface area contributed by atoms with Crippen molar-refractivity contribution in [3.8, 4) is 0 Å². The van der Waals surface area contributed by atoms with Crippen LogP contribution in [0.2, 0.25) is 0 Å². The summed E-state index contributed by atoms with van der Waals surface area (Å²) in [5.41, 5.74) is 8.95. The van der Waals surface area contributed by atoms with Crippen LogP contribution in [-0.4, -0.2) is 12.5 Å². The van der Waals surface area contributed by atoms with E-state index in [-0.39, 0.29) is 5.91 Å². The Bertz CT molecular complexity index is 387. The van der Waals surface area contributed by atoms with Crippen molar-refractivity contribution >= 4 is 11.6 Å². The van der Waals surface area contributed by atoms with Crippen molar-refractivity contribution in [1.29, 1.82) is 0 Å². The van der Waals surface area contributed by atoms with Crippen molar-refractivity contribution in [3.63, 3.8) is 0 Å². The van der Waals surface area contributed by atoms with Gasteiger partial charge in [0.2, 0.25) is 5.91 Å². The lowest BCUT2D eigenvalue weighted by atomic mass is 9.87. The molecule has 0 bridgehead atoms. The first-order valence-electron chi connectivity index (χ1n) is 5.29. The van der Waals surface area contributed by atoms with E-state index in [0.717, 1.165) is 18.7 Å². The molecule has 2 rings (SSSR count). The molecule has 1 aliphatic rings. The molecular weight excluding hydrogens is 188 g/mol. The second-order valence-corrected chi connectivity index (χ2v) is 4.16. The van der Waals surface area contributed by atoms with Crippen LogP contribution in [0.15, 0.2) is 18.2 Å². The monoisotopic (exact) mass is 204 g/mol. The van der Waals surface area contributed by atoms with Gasteiger partial charge in [0.25, 0.3) is 0 Å². The topological polar surface area (TPSA) is 55.1 Å². The van der Waals surface area contributed by atoms with E-state index in [4.69, 9.17) is 5.73 Å². The number of aryl methyl sites for hydroxylation is 1. The number of amides is 1. The molecule has 0 spiro atoms. The van der Waals surface area contributed by atoms with Gasteiger partial charge in [-0.25, -0.2) is 0 Å². The molecule has 0 saturated carbocycles. The lowest BCUT2D eigenvalue weighted by molar-refractivity contribution is -0.122. The van der Waals surface area contributed by atoms with Gasteiger partial charge in [0.15, 0.2) is 0 Å². The summed E-state index contributed by atoms with van der Waals surface area (Å²) < 4.78 is 0. The van der Waals surface area contributed by atoms with Crippen molar-refractivity contribution in [1.82, 2.24) is 5.32 Å². The number of hydrogen-bond donors (Lipinski definition) is 2. The Hall–Kier alpha value is -1.51. The van der Waals surface area contributed by atoms with Crippen LogP contribution in [0.25, 0.3) is 0 Å². The molecule has 1 amide bonds. The average Bonchev–Trinajstić information content (AvgIpc) is 2.17. The SMILES string of the molecule is Cc1cc(N)ccc1[C@H]1CCNC(=O)C1. The van der Waals surface area contributed by atoms with Gasteiger partial charge in [-0.3, -0.25) is 4.79 Å². The molecular formula is C12H16N2O. The summed E-state index contributed by atoms with van der Waals surface area (Å²) in [6, 6.07) is 5.94. The third-order valence-corrected chi connectivity index (χ3v) is 2.98. The van der Waals surface area contributed by atoms with E-state index in [1.807, 2.05) is 18.2 Å². The van der Waals surface area contributed by atoms with Crippen molar-refractivity contribution in [2.45, 2.75) is 25.7 Å². The van der Waals surface area contributed by atoms with Gasteiger partial charge in [-0.2, -0.15) is 0 Å². The number of benzene rings is 1. The van der Waals surface area contributed by atoms with Crippen LogP contribution in [0.3, 0.4) is 0 Å². The van der Waals surface area contributed by atoms with Crippen LogP contribution >= 0.6 is 0 Å². The number of carbonyl (C=O) groups excluding carboxylic acids is 1. The first-order chi connectivity index (χ1) is 7.16. The summed E-state index contributed by atoms with van der Waals surface area (Å²) in [6.07, 6.45) is 1.63. The van der Waals surface area contributed by atoms with Crippen LogP contribution in [0.5, 0.6) is 0 Å². The molecule has 15 heavy (non-hydrogen) atoms. The highest BCUT2D eigenvalue weighted by Crippen LogP contribution is 2.29. The first-order valence-corrected chi connectivity index (χ1v) is 5.29. The normalized spacial score (nSPS) is 21.1. The highest BCUT2D eigenvalue weighted by molar-refractivity contribution is 5.77. The van der Waals surface area contributed by atoms with Gasteiger partial charge in [0, 0.05) is 18.7 Å². The van der Waals surface area contributed by atoms with Gasteiger partial charge in [0.1, 0.15) is 0 Å². The number of anilines is 1. The maximum Gasteiger partial charge on any atom is 0.220 e. The molecule has 80 valence electrons. The van der Waals surface area contributed by atoms with Crippen LogP contribution in [0.1, 0.15) is 29.9 Å². The molecule has 1 aliphatic heterocycles. The Balaban J connectivity index is 2.24. The molecule has 1 atom stereocenters. The Labute approximate surface area is 89.7 Å². The second kappa shape index (κ2) is 3.93. The quantitative estimate of drug-likeness (QED) is 0.682.